The van der Waals surface area contributed by atoms with Gasteiger partial charge in [-0.3, -0.25) is 19.4 Å². The molecule has 0 aromatic heterocycles. The molecule has 10 heteroatoms. The maximum atomic E-state index is 13.1. The molecule has 0 unspecified atom stereocenters. The normalized spacial score (nSPS) is 11.3. The Balaban J connectivity index is 0.790. The number of hydrogen-bond acceptors (Lipinski definition) is 8. The fourth-order valence-corrected chi connectivity index (χ4v) is 9.05. The molecule has 0 bridgehead atoms. The number of unbranched alkanes of at least 4 members (excludes halogenated alkanes) is 1. The molecule has 410 valence electrons. The molecule has 80 heavy (non-hydrogen) atoms. The summed E-state index contributed by atoms with van der Waals surface area (Å²) in [7, 11) is 0. The van der Waals surface area contributed by atoms with Crippen LogP contribution in [0, 0.1) is 0 Å². The second kappa shape index (κ2) is 32.9. The molecular formula is C70H74N4O6. The van der Waals surface area contributed by atoms with Gasteiger partial charge in [0.1, 0.15) is 26.4 Å². The number of carbonyl (C=O) groups is 2. The molecule has 8 aromatic carbocycles. The lowest BCUT2D eigenvalue weighted by Crippen LogP contribution is -2.31. The average molecular weight is 1070 g/mol. The summed E-state index contributed by atoms with van der Waals surface area (Å²) in [5, 5.41) is 6.20. The van der Waals surface area contributed by atoms with Crippen molar-refractivity contribution in [2.45, 2.75) is 65.2 Å². The molecular weight excluding hydrogens is 993 g/mol. The molecule has 0 aliphatic rings. The first kappa shape index (κ1) is 57.5. The second-order valence-electron chi connectivity index (χ2n) is 19.7. The van der Waals surface area contributed by atoms with Gasteiger partial charge in [0.2, 0.25) is 11.8 Å². The van der Waals surface area contributed by atoms with E-state index in [0.29, 0.717) is 62.5 Å². The number of amides is 2. The fourth-order valence-electron chi connectivity index (χ4n) is 9.05. The molecule has 0 aliphatic carbocycles. The lowest BCUT2D eigenvalue weighted by molar-refractivity contribution is -0.117. The minimum atomic E-state index is -0.142. The molecule has 2 N–H and O–H groups in total. The Morgan fingerprint density at radius 3 is 0.950 bits per heavy atom. The Morgan fingerprint density at radius 2 is 0.625 bits per heavy atom. The van der Waals surface area contributed by atoms with Crippen molar-refractivity contribution >= 4 is 24.0 Å². The highest BCUT2D eigenvalue weighted by molar-refractivity contribution is 5.92. The standard InChI is InChI=1S/C70H74N4O6/c75-69(41-37-57-35-39-65(77-53-61-27-11-3-12-28-61)67(49-57)79-55-63-31-15-5-16-32-63)71-43-21-47-73(51-59-23-7-1-8-24-59)45-19-20-46-74(52-60-25-9-2-10-26-60)48-22-44-72-70(76)42-38-58-36-40-66(78-54-62-29-13-4-14-30-62)68(50-58)80-56-64-33-17-6-18-34-64/h1-18,23-42,49-50H,19-22,43-48,51-56H2,(H,71,75)(H,72,76)/b41-37+,42-38+. The number of benzene rings is 8. The van der Waals surface area contributed by atoms with Crippen molar-refractivity contribution in [1.82, 2.24) is 20.4 Å². The van der Waals surface area contributed by atoms with E-state index in [4.69, 9.17) is 18.9 Å². The quantitative estimate of drug-likeness (QED) is 0.0310. The highest BCUT2D eigenvalue weighted by atomic mass is 16.5. The summed E-state index contributed by atoms with van der Waals surface area (Å²) in [6, 6.07) is 72.8. The van der Waals surface area contributed by atoms with Crippen molar-refractivity contribution in [3.05, 3.63) is 275 Å². The van der Waals surface area contributed by atoms with Crippen molar-refractivity contribution in [1.29, 1.82) is 0 Å². The largest absolute Gasteiger partial charge is 0.485 e. The monoisotopic (exact) mass is 1070 g/mol. The number of rotatable bonds is 33. The van der Waals surface area contributed by atoms with Gasteiger partial charge in [0.05, 0.1) is 0 Å². The van der Waals surface area contributed by atoms with Crippen LogP contribution in [0.3, 0.4) is 0 Å². The molecule has 0 fully saturated rings. The van der Waals surface area contributed by atoms with Crippen molar-refractivity contribution in [3.63, 3.8) is 0 Å². The topological polar surface area (TPSA) is 102 Å². The van der Waals surface area contributed by atoms with Crippen LogP contribution in [0.2, 0.25) is 0 Å². The van der Waals surface area contributed by atoms with Crippen molar-refractivity contribution < 1.29 is 28.5 Å². The molecule has 0 spiro atoms. The van der Waals surface area contributed by atoms with Crippen LogP contribution in [0.1, 0.15) is 70.2 Å². The molecule has 10 nitrogen and oxygen atoms in total. The number of nitrogens with one attached hydrogen (secondary N) is 2. The van der Waals surface area contributed by atoms with Gasteiger partial charge in [-0.2, -0.15) is 0 Å². The van der Waals surface area contributed by atoms with E-state index in [2.05, 4.69) is 81.1 Å². The molecule has 8 aromatic rings. The fraction of sp³-hybridized carbons (Fsp3) is 0.229. The Labute approximate surface area is 473 Å². The van der Waals surface area contributed by atoms with Crippen LogP contribution < -0.4 is 29.6 Å². The second-order valence-corrected chi connectivity index (χ2v) is 19.7. The average Bonchev–Trinajstić information content (AvgIpc) is 3.51. The van der Waals surface area contributed by atoms with Gasteiger partial charge >= 0.3 is 0 Å². The summed E-state index contributed by atoms with van der Waals surface area (Å²) in [5.74, 6) is 2.24. The first-order valence-corrected chi connectivity index (χ1v) is 27.9. The van der Waals surface area contributed by atoms with Crippen molar-refractivity contribution in [2.24, 2.45) is 0 Å². The number of nitrogens with zero attached hydrogens (tertiary/aromatic N) is 2. The van der Waals surface area contributed by atoms with E-state index in [9.17, 15) is 9.59 Å². The summed E-state index contributed by atoms with van der Waals surface area (Å²) in [5.41, 5.74) is 8.45. The van der Waals surface area contributed by atoms with E-state index in [1.54, 1.807) is 12.2 Å². The molecule has 8 rings (SSSR count). The first-order valence-electron chi connectivity index (χ1n) is 27.9. The van der Waals surface area contributed by atoms with Gasteiger partial charge in [0, 0.05) is 51.4 Å². The third kappa shape index (κ3) is 20.9. The van der Waals surface area contributed by atoms with Crippen LogP contribution in [0.4, 0.5) is 0 Å². The van der Waals surface area contributed by atoms with E-state index in [-0.39, 0.29) is 11.8 Å². The predicted octanol–water partition coefficient (Wildman–Crippen LogP) is 13.5. The lowest BCUT2D eigenvalue weighted by Gasteiger charge is -2.25. The number of hydrogen-bond donors (Lipinski definition) is 2. The van der Waals surface area contributed by atoms with Crippen LogP contribution in [0.15, 0.2) is 231 Å². The van der Waals surface area contributed by atoms with Gasteiger partial charge < -0.3 is 29.6 Å². The third-order valence-corrected chi connectivity index (χ3v) is 13.3. The zero-order chi connectivity index (χ0) is 55.1. The van der Waals surface area contributed by atoms with E-state index in [1.807, 2.05) is 170 Å². The summed E-state index contributed by atoms with van der Waals surface area (Å²) >= 11 is 0. The number of ether oxygens (including phenoxy) is 4. The van der Waals surface area contributed by atoms with Crippen LogP contribution in [0.5, 0.6) is 23.0 Å². The minimum absolute atomic E-state index is 0.142. The van der Waals surface area contributed by atoms with E-state index < -0.39 is 0 Å². The highest BCUT2D eigenvalue weighted by Gasteiger charge is 2.13. The Kier molecular flexibility index (Phi) is 23.6. The summed E-state index contributed by atoms with van der Waals surface area (Å²) in [4.78, 5) is 31.2. The maximum absolute atomic E-state index is 13.1. The molecule has 0 radical (unpaired) electrons. The third-order valence-electron chi connectivity index (χ3n) is 13.3. The Hall–Kier alpha value is -8.70. The summed E-state index contributed by atoms with van der Waals surface area (Å²) < 4.78 is 24.9. The summed E-state index contributed by atoms with van der Waals surface area (Å²) in [6.45, 7) is 8.01. The zero-order valence-electron chi connectivity index (χ0n) is 45.8. The number of carbonyl (C=O) groups excluding carboxylic acids is 2. The molecule has 0 saturated carbocycles. The molecule has 0 heterocycles. The van der Waals surface area contributed by atoms with Gasteiger partial charge in [0.15, 0.2) is 23.0 Å². The van der Waals surface area contributed by atoms with E-state index >= 15 is 0 Å². The van der Waals surface area contributed by atoms with Gasteiger partial charge in [0.25, 0.3) is 0 Å². The molecule has 0 saturated heterocycles. The lowest BCUT2D eigenvalue weighted by atomic mass is 10.1. The molecule has 0 atom stereocenters. The van der Waals surface area contributed by atoms with Crippen LogP contribution in [-0.4, -0.2) is 60.9 Å². The highest BCUT2D eigenvalue weighted by Crippen LogP contribution is 2.32. The summed E-state index contributed by atoms with van der Waals surface area (Å²) in [6.07, 6.45) is 10.5. The molecule has 0 aliphatic heterocycles. The van der Waals surface area contributed by atoms with Crippen molar-refractivity contribution in [2.75, 3.05) is 39.3 Å². The van der Waals surface area contributed by atoms with E-state index in [0.717, 1.165) is 98.3 Å². The van der Waals surface area contributed by atoms with Gasteiger partial charge in [-0.1, -0.05) is 194 Å². The maximum Gasteiger partial charge on any atom is 0.243 e. The Bertz CT molecular complexity index is 2890. The van der Waals surface area contributed by atoms with Crippen LogP contribution in [0.25, 0.3) is 12.2 Å². The van der Waals surface area contributed by atoms with Crippen LogP contribution >= 0.6 is 0 Å². The Morgan fingerprint density at radius 1 is 0.338 bits per heavy atom. The zero-order valence-corrected chi connectivity index (χ0v) is 45.8. The minimum Gasteiger partial charge on any atom is -0.485 e. The first-order chi connectivity index (χ1) is 39.5. The predicted molar refractivity (Wildman–Crippen MR) is 322 cm³/mol. The SMILES string of the molecule is O=C(/C=C/c1ccc(OCc2ccccc2)c(OCc2ccccc2)c1)NCCCN(CCCCN(CCCNC(=O)/C=C/c1ccc(OCc2ccccc2)c(OCc2ccccc2)c1)Cc1ccccc1)Cc1ccccc1. The molecule has 2 amide bonds. The van der Waals surface area contributed by atoms with Gasteiger partial charge in [-0.15, -0.1) is 0 Å². The van der Waals surface area contributed by atoms with Gasteiger partial charge in [-0.05, 0) is 120 Å². The van der Waals surface area contributed by atoms with Crippen LogP contribution in [-0.2, 0) is 49.1 Å². The smallest absolute Gasteiger partial charge is 0.243 e. The van der Waals surface area contributed by atoms with Crippen molar-refractivity contribution in [3.8, 4) is 23.0 Å². The van der Waals surface area contributed by atoms with Gasteiger partial charge in [-0.25, -0.2) is 0 Å². The van der Waals surface area contributed by atoms with E-state index in [1.165, 1.54) is 11.1 Å².